The third-order valence-electron chi connectivity index (χ3n) is 1.75. The summed E-state index contributed by atoms with van der Waals surface area (Å²) in [6.07, 6.45) is 4.44. The zero-order valence-corrected chi connectivity index (χ0v) is 7.84. The zero-order chi connectivity index (χ0) is 8.69. The number of nitrogens with zero attached hydrogens (tertiary/aromatic N) is 1. The van der Waals surface area contributed by atoms with Gasteiger partial charge in [0.1, 0.15) is 6.29 Å². The molecule has 0 aliphatic rings. The third-order valence-corrected chi connectivity index (χ3v) is 1.75. The first-order valence-electron chi connectivity index (χ1n) is 4.27. The smallest absolute Gasteiger partial charge is 0.122 e. The van der Waals surface area contributed by atoms with Crippen LogP contribution in [-0.4, -0.2) is 31.8 Å². The van der Waals surface area contributed by atoms with E-state index in [9.17, 15) is 4.79 Å². The van der Waals surface area contributed by atoms with Crippen LogP contribution in [0.5, 0.6) is 0 Å². The molecule has 0 rings (SSSR count). The maximum absolute atomic E-state index is 10.2. The molecule has 0 aromatic carbocycles. The average Bonchev–Trinajstić information content (AvgIpc) is 1.97. The van der Waals surface area contributed by atoms with Gasteiger partial charge < -0.3 is 9.69 Å². The maximum Gasteiger partial charge on any atom is 0.122 e. The number of carbonyl (C=O) groups excluding carboxylic acids is 1. The van der Waals surface area contributed by atoms with E-state index >= 15 is 0 Å². The molecule has 11 heavy (non-hydrogen) atoms. The van der Waals surface area contributed by atoms with E-state index in [0.29, 0.717) is 0 Å². The van der Waals surface area contributed by atoms with Crippen LogP contribution in [0, 0.1) is 5.92 Å². The highest BCUT2D eigenvalue weighted by Crippen LogP contribution is 2.04. The van der Waals surface area contributed by atoms with Crippen LogP contribution in [-0.2, 0) is 4.79 Å². The average molecular weight is 157 g/mol. The van der Waals surface area contributed by atoms with Crippen LogP contribution in [0.2, 0.25) is 0 Å². The molecule has 0 bridgehead atoms. The van der Waals surface area contributed by atoms with Gasteiger partial charge >= 0.3 is 0 Å². The molecule has 0 aromatic heterocycles. The van der Waals surface area contributed by atoms with Crippen molar-refractivity contribution in [3.05, 3.63) is 0 Å². The van der Waals surface area contributed by atoms with E-state index in [0.717, 1.165) is 25.7 Å². The topological polar surface area (TPSA) is 20.3 Å². The van der Waals surface area contributed by atoms with Gasteiger partial charge in [0.2, 0.25) is 0 Å². The number of carbonyl (C=O) groups is 1. The van der Waals surface area contributed by atoms with Crippen LogP contribution in [0.4, 0.5) is 0 Å². The normalized spacial score (nSPS) is 13.5. The fraction of sp³-hybridized carbons (Fsp3) is 0.889. The molecule has 0 fully saturated rings. The molecule has 0 aromatic rings. The monoisotopic (exact) mass is 157 g/mol. The van der Waals surface area contributed by atoms with Gasteiger partial charge in [-0.05, 0) is 33.5 Å². The van der Waals surface area contributed by atoms with E-state index in [1.165, 1.54) is 6.42 Å². The molecule has 0 N–H and O–H groups in total. The van der Waals surface area contributed by atoms with Gasteiger partial charge in [0.05, 0.1) is 0 Å². The predicted octanol–water partition coefficient (Wildman–Crippen LogP) is 1.55. The summed E-state index contributed by atoms with van der Waals surface area (Å²) in [5.41, 5.74) is 0. The molecule has 0 saturated heterocycles. The van der Waals surface area contributed by atoms with Gasteiger partial charge in [0, 0.05) is 5.92 Å². The highest BCUT2D eigenvalue weighted by atomic mass is 16.1. The Morgan fingerprint density at radius 1 is 1.36 bits per heavy atom. The first kappa shape index (κ1) is 10.6. The highest BCUT2D eigenvalue weighted by Gasteiger charge is 1.98. The number of rotatable bonds is 6. The van der Waals surface area contributed by atoms with Crippen molar-refractivity contribution in [2.75, 3.05) is 20.6 Å². The molecular formula is C9H19NO. The summed E-state index contributed by atoms with van der Waals surface area (Å²) in [4.78, 5) is 12.4. The van der Waals surface area contributed by atoms with E-state index in [2.05, 4.69) is 19.0 Å². The molecule has 0 saturated carbocycles. The predicted molar refractivity (Wildman–Crippen MR) is 47.6 cm³/mol. The van der Waals surface area contributed by atoms with E-state index in [-0.39, 0.29) is 5.92 Å². The molecule has 2 nitrogen and oxygen atoms in total. The van der Waals surface area contributed by atoms with Crippen molar-refractivity contribution < 1.29 is 4.79 Å². The minimum Gasteiger partial charge on any atom is -0.309 e. The fourth-order valence-corrected chi connectivity index (χ4v) is 0.962. The van der Waals surface area contributed by atoms with Gasteiger partial charge in [-0.15, -0.1) is 0 Å². The van der Waals surface area contributed by atoms with Crippen LogP contribution < -0.4 is 0 Å². The van der Waals surface area contributed by atoms with E-state index in [1.807, 2.05) is 6.92 Å². The van der Waals surface area contributed by atoms with Crippen molar-refractivity contribution in [3.63, 3.8) is 0 Å². The van der Waals surface area contributed by atoms with Gasteiger partial charge in [-0.3, -0.25) is 0 Å². The van der Waals surface area contributed by atoms with Crippen LogP contribution in [0.25, 0.3) is 0 Å². The van der Waals surface area contributed by atoms with Crippen molar-refractivity contribution >= 4 is 6.29 Å². The second-order valence-electron chi connectivity index (χ2n) is 3.41. The molecule has 0 radical (unpaired) electrons. The molecular weight excluding hydrogens is 138 g/mol. The summed E-state index contributed by atoms with van der Waals surface area (Å²) < 4.78 is 0. The lowest BCUT2D eigenvalue weighted by Gasteiger charge is -2.09. The van der Waals surface area contributed by atoms with E-state index < -0.39 is 0 Å². The summed E-state index contributed by atoms with van der Waals surface area (Å²) in [5, 5.41) is 0. The second-order valence-corrected chi connectivity index (χ2v) is 3.41. The highest BCUT2D eigenvalue weighted by molar-refractivity contribution is 5.52. The number of aldehydes is 1. The van der Waals surface area contributed by atoms with Crippen LogP contribution in [0.1, 0.15) is 26.2 Å². The Labute approximate surface area is 69.6 Å². The Kier molecular flexibility index (Phi) is 6.13. The molecule has 1 unspecified atom stereocenters. The summed E-state index contributed by atoms with van der Waals surface area (Å²) in [5.74, 6) is 0.247. The Morgan fingerprint density at radius 2 is 2.00 bits per heavy atom. The Hall–Kier alpha value is -0.370. The summed E-state index contributed by atoms with van der Waals surface area (Å²) in [6, 6.07) is 0. The molecule has 0 spiro atoms. The quantitative estimate of drug-likeness (QED) is 0.431. The summed E-state index contributed by atoms with van der Waals surface area (Å²) >= 11 is 0. The minimum atomic E-state index is 0.247. The van der Waals surface area contributed by atoms with E-state index in [4.69, 9.17) is 0 Å². The third kappa shape index (κ3) is 7.53. The van der Waals surface area contributed by atoms with Gasteiger partial charge in [0.15, 0.2) is 0 Å². The SMILES string of the molecule is CC(C=O)CCCCN(C)C. The van der Waals surface area contributed by atoms with Crippen molar-refractivity contribution in [3.8, 4) is 0 Å². The number of hydrogen-bond acceptors (Lipinski definition) is 2. The molecule has 0 heterocycles. The number of unbranched alkanes of at least 4 members (excludes halogenated alkanes) is 1. The fourth-order valence-electron chi connectivity index (χ4n) is 0.962. The molecule has 0 aliphatic carbocycles. The Morgan fingerprint density at radius 3 is 2.45 bits per heavy atom. The first-order valence-corrected chi connectivity index (χ1v) is 4.27. The zero-order valence-electron chi connectivity index (χ0n) is 7.84. The lowest BCUT2D eigenvalue weighted by Crippen LogP contribution is -2.13. The lowest BCUT2D eigenvalue weighted by molar-refractivity contribution is -0.110. The van der Waals surface area contributed by atoms with Crippen LogP contribution in [0.3, 0.4) is 0 Å². The molecule has 0 amide bonds. The lowest BCUT2D eigenvalue weighted by atomic mass is 10.1. The molecule has 1 atom stereocenters. The van der Waals surface area contributed by atoms with Crippen molar-refractivity contribution in [2.24, 2.45) is 5.92 Å². The van der Waals surface area contributed by atoms with E-state index in [1.54, 1.807) is 0 Å². The Balaban J connectivity index is 3.07. The largest absolute Gasteiger partial charge is 0.309 e. The molecule has 2 heteroatoms. The first-order chi connectivity index (χ1) is 5.16. The molecule has 66 valence electrons. The Bertz CT molecular complexity index is 102. The second kappa shape index (κ2) is 6.35. The number of hydrogen-bond donors (Lipinski definition) is 0. The van der Waals surface area contributed by atoms with Crippen molar-refractivity contribution in [2.45, 2.75) is 26.2 Å². The van der Waals surface area contributed by atoms with Crippen LogP contribution in [0.15, 0.2) is 0 Å². The standard InChI is InChI=1S/C9H19NO/c1-9(8-11)6-4-5-7-10(2)3/h8-9H,4-7H2,1-3H3. The van der Waals surface area contributed by atoms with Gasteiger partial charge in [-0.1, -0.05) is 13.3 Å². The van der Waals surface area contributed by atoms with Gasteiger partial charge in [-0.2, -0.15) is 0 Å². The van der Waals surface area contributed by atoms with Crippen LogP contribution >= 0.6 is 0 Å². The summed E-state index contributed by atoms with van der Waals surface area (Å²) in [6.45, 7) is 3.11. The van der Waals surface area contributed by atoms with Crippen molar-refractivity contribution in [1.29, 1.82) is 0 Å². The van der Waals surface area contributed by atoms with Gasteiger partial charge in [-0.25, -0.2) is 0 Å². The molecule has 0 aliphatic heterocycles. The minimum absolute atomic E-state index is 0.247. The van der Waals surface area contributed by atoms with Crippen molar-refractivity contribution in [1.82, 2.24) is 4.90 Å². The maximum atomic E-state index is 10.2. The summed E-state index contributed by atoms with van der Waals surface area (Å²) in [7, 11) is 4.15. The van der Waals surface area contributed by atoms with Gasteiger partial charge in [0.25, 0.3) is 0 Å².